The Balaban J connectivity index is 1.66. The number of rotatable bonds is 3. The van der Waals surface area contributed by atoms with Crippen LogP contribution in [0.25, 0.3) is 0 Å². The van der Waals surface area contributed by atoms with Crippen molar-refractivity contribution < 1.29 is 4.79 Å². The molecule has 3 fully saturated rings. The molecule has 1 spiro atoms. The van der Waals surface area contributed by atoms with E-state index in [2.05, 4.69) is 17.1 Å². The van der Waals surface area contributed by atoms with Gasteiger partial charge in [-0.15, -0.1) is 0 Å². The van der Waals surface area contributed by atoms with Crippen molar-refractivity contribution in [3.8, 4) is 0 Å². The molecule has 0 aromatic heterocycles. The van der Waals surface area contributed by atoms with E-state index in [4.69, 9.17) is 0 Å². The van der Waals surface area contributed by atoms with Crippen LogP contribution in [0.1, 0.15) is 45.4 Å². The van der Waals surface area contributed by atoms with E-state index < -0.39 is 0 Å². The molecule has 84 valence electrons. The highest BCUT2D eigenvalue weighted by Gasteiger charge is 2.56. The Bertz CT molecular complexity index is 286. The lowest BCUT2D eigenvalue weighted by Gasteiger charge is -2.43. The first-order valence-electron chi connectivity index (χ1n) is 6.24. The van der Waals surface area contributed by atoms with Gasteiger partial charge in [-0.25, -0.2) is 0 Å². The molecule has 2 saturated carbocycles. The van der Waals surface area contributed by atoms with Gasteiger partial charge in [-0.3, -0.25) is 10.1 Å². The van der Waals surface area contributed by atoms with Gasteiger partial charge in [0.25, 0.3) is 0 Å². The largest absolute Gasteiger partial charge is 0.328 e. The quantitative estimate of drug-likeness (QED) is 0.762. The number of hydrogen-bond acceptors (Lipinski definition) is 2. The van der Waals surface area contributed by atoms with Crippen LogP contribution in [0.5, 0.6) is 0 Å². The van der Waals surface area contributed by atoms with Crippen molar-refractivity contribution in [1.29, 1.82) is 0 Å². The summed E-state index contributed by atoms with van der Waals surface area (Å²) in [5.41, 5.74) is 0.371. The van der Waals surface area contributed by atoms with Gasteiger partial charge in [-0.05, 0) is 37.5 Å². The van der Waals surface area contributed by atoms with Crippen molar-refractivity contribution in [2.24, 2.45) is 5.41 Å². The molecule has 2 aliphatic carbocycles. The molecule has 0 aromatic carbocycles. The Morgan fingerprint density at radius 1 is 1.33 bits per heavy atom. The monoisotopic (exact) mass is 208 g/mol. The fraction of sp³-hybridized carbons (Fsp3) is 0.917. The van der Waals surface area contributed by atoms with Gasteiger partial charge in [0, 0.05) is 6.54 Å². The summed E-state index contributed by atoms with van der Waals surface area (Å²) in [7, 11) is 0. The van der Waals surface area contributed by atoms with E-state index in [0.29, 0.717) is 11.3 Å². The van der Waals surface area contributed by atoms with Crippen LogP contribution in [0.4, 0.5) is 0 Å². The van der Waals surface area contributed by atoms with Crippen LogP contribution < -0.4 is 5.32 Å². The van der Waals surface area contributed by atoms with Crippen molar-refractivity contribution >= 4 is 5.91 Å². The zero-order chi connectivity index (χ0) is 10.5. The summed E-state index contributed by atoms with van der Waals surface area (Å²) in [5.74, 6) is 0.377. The second-order valence-electron chi connectivity index (χ2n) is 5.63. The molecule has 3 aliphatic rings. The maximum Gasteiger partial charge on any atom is 0.243 e. The Morgan fingerprint density at radius 2 is 2.07 bits per heavy atom. The van der Waals surface area contributed by atoms with Gasteiger partial charge in [0.2, 0.25) is 5.91 Å². The molecule has 3 heteroatoms. The van der Waals surface area contributed by atoms with Gasteiger partial charge < -0.3 is 4.90 Å². The number of carbonyl (C=O) groups excluding carboxylic acids is 1. The van der Waals surface area contributed by atoms with E-state index in [1.807, 2.05) is 0 Å². The van der Waals surface area contributed by atoms with Gasteiger partial charge in [0.15, 0.2) is 0 Å². The predicted molar refractivity (Wildman–Crippen MR) is 58.3 cm³/mol. The number of nitrogens with one attached hydrogen (secondary N) is 1. The first-order valence-corrected chi connectivity index (χ1v) is 6.24. The summed E-state index contributed by atoms with van der Waals surface area (Å²) in [6.07, 6.45) is 7.34. The first kappa shape index (κ1) is 9.64. The second-order valence-corrected chi connectivity index (χ2v) is 5.63. The van der Waals surface area contributed by atoms with Crippen molar-refractivity contribution in [1.82, 2.24) is 10.2 Å². The van der Waals surface area contributed by atoms with Gasteiger partial charge in [-0.2, -0.15) is 0 Å². The molecule has 0 unspecified atom stereocenters. The predicted octanol–water partition coefficient (Wildman–Crippen LogP) is 1.49. The Hall–Kier alpha value is -0.570. The second kappa shape index (κ2) is 2.97. The molecule has 1 N–H and O–H groups in total. The standard InChI is InChI=1S/C12H20N2O/c1-2-11(4-3-5-11)8-14-9-13-12(6-7-12)10(14)15/h13H,2-9H2,1H3. The molecule has 1 saturated heterocycles. The molecule has 0 atom stereocenters. The normalized spacial score (nSPS) is 30.7. The minimum absolute atomic E-state index is 0.0985. The van der Waals surface area contributed by atoms with Crippen LogP contribution in [-0.4, -0.2) is 29.6 Å². The molecule has 1 aliphatic heterocycles. The average molecular weight is 208 g/mol. The van der Waals surface area contributed by atoms with E-state index >= 15 is 0 Å². The van der Waals surface area contributed by atoms with Gasteiger partial charge in [0.05, 0.1) is 12.2 Å². The molecule has 0 radical (unpaired) electrons. The summed E-state index contributed by atoms with van der Waals surface area (Å²) >= 11 is 0. The van der Waals surface area contributed by atoms with Gasteiger partial charge >= 0.3 is 0 Å². The van der Waals surface area contributed by atoms with Gasteiger partial charge in [0.1, 0.15) is 0 Å². The van der Waals surface area contributed by atoms with Crippen molar-refractivity contribution in [3.63, 3.8) is 0 Å². The summed E-state index contributed by atoms with van der Waals surface area (Å²) in [5, 5.41) is 3.38. The highest BCUT2D eigenvalue weighted by atomic mass is 16.2. The lowest BCUT2D eigenvalue weighted by Crippen LogP contribution is -2.43. The maximum absolute atomic E-state index is 12.1. The third kappa shape index (κ3) is 1.32. The van der Waals surface area contributed by atoms with E-state index in [9.17, 15) is 4.79 Å². The van der Waals surface area contributed by atoms with Crippen molar-refractivity contribution in [2.75, 3.05) is 13.2 Å². The molecule has 15 heavy (non-hydrogen) atoms. The van der Waals surface area contributed by atoms with E-state index in [1.54, 1.807) is 0 Å². The smallest absolute Gasteiger partial charge is 0.243 e. The lowest BCUT2D eigenvalue weighted by molar-refractivity contribution is -0.132. The van der Waals surface area contributed by atoms with Crippen LogP contribution in [0, 0.1) is 5.41 Å². The zero-order valence-corrected chi connectivity index (χ0v) is 9.51. The highest BCUT2D eigenvalue weighted by Crippen LogP contribution is 2.47. The van der Waals surface area contributed by atoms with E-state index in [1.165, 1.54) is 25.7 Å². The minimum Gasteiger partial charge on any atom is -0.328 e. The Morgan fingerprint density at radius 3 is 2.47 bits per heavy atom. The SMILES string of the molecule is CCC1(CN2CNC3(CC3)C2=O)CCC1. The van der Waals surface area contributed by atoms with E-state index in [0.717, 1.165) is 26.1 Å². The fourth-order valence-electron chi connectivity index (χ4n) is 3.05. The van der Waals surface area contributed by atoms with Crippen LogP contribution >= 0.6 is 0 Å². The van der Waals surface area contributed by atoms with E-state index in [-0.39, 0.29) is 5.54 Å². The minimum atomic E-state index is -0.0985. The molecular weight excluding hydrogens is 188 g/mol. The van der Waals surface area contributed by atoms with Crippen molar-refractivity contribution in [3.05, 3.63) is 0 Å². The summed E-state index contributed by atoms with van der Waals surface area (Å²) in [4.78, 5) is 14.2. The third-order valence-corrected chi connectivity index (χ3v) is 4.75. The molecule has 0 aromatic rings. The number of nitrogens with zero attached hydrogens (tertiary/aromatic N) is 1. The lowest BCUT2D eigenvalue weighted by atomic mass is 9.67. The molecule has 0 bridgehead atoms. The van der Waals surface area contributed by atoms with Gasteiger partial charge in [-0.1, -0.05) is 13.3 Å². The number of hydrogen-bond donors (Lipinski definition) is 1. The Labute approximate surface area is 91.2 Å². The molecule has 1 heterocycles. The third-order valence-electron chi connectivity index (χ3n) is 4.75. The molecule has 1 amide bonds. The number of carbonyl (C=O) groups is 1. The summed E-state index contributed by atoms with van der Waals surface area (Å²) in [6, 6.07) is 0. The van der Waals surface area contributed by atoms with Crippen LogP contribution in [0.2, 0.25) is 0 Å². The topological polar surface area (TPSA) is 32.3 Å². The maximum atomic E-state index is 12.1. The van der Waals surface area contributed by atoms with Crippen LogP contribution in [0.3, 0.4) is 0 Å². The molecule has 3 rings (SSSR count). The summed E-state index contributed by atoms with van der Waals surface area (Å²) in [6.45, 7) is 4.05. The number of amides is 1. The van der Waals surface area contributed by atoms with Crippen molar-refractivity contribution in [2.45, 2.75) is 51.0 Å². The fourth-order valence-corrected chi connectivity index (χ4v) is 3.05. The average Bonchev–Trinajstić information content (AvgIpc) is 2.90. The summed E-state index contributed by atoms with van der Waals surface area (Å²) < 4.78 is 0. The molecule has 3 nitrogen and oxygen atoms in total. The highest BCUT2D eigenvalue weighted by molar-refractivity contribution is 5.91. The first-order chi connectivity index (χ1) is 7.20. The molecular formula is C12H20N2O. The van der Waals surface area contributed by atoms with Crippen LogP contribution in [0.15, 0.2) is 0 Å². The van der Waals surface area contributed by atoms with Crippen LogP contribution in [-0.2, 0) is 4.79 Å². The Kier molecular flexibility index (Phi) is 1.91. The zero-order valence-electron chi connectivity index (χ0n) is 9.51.